The molecule has 25 heavy (non-hydrogen) atoms. The molecule has 0 atom stereocenters. The molecule has 1 saturated heterocycles. The van der Waals surface area contributed by atoms with E-state index in [0.29, 0.717) is 12.1 Å². The van der Waals surface area contributed by atoms with Gasteiger partial charge in [0.2, 0.25) is 0 Å². The second kappa shape index (κ2) is 8.11. The van der Waals surface area contributed by atoms with Crippen molar-refractivity contribution in [1.29, 1.82) is 0 Å². The predicted molar refractivity (Wildman–Crippen MR) is 88.6 cm³/mol. The quantitative estimate of drug-likeness (QED) is 0.461. The maximum Gasteiger partial charge on any atom is 0.534 e. The SMILES string of the molecule is Cc1cc(C#CCN2CCCCCC2)ccc1OS(=O)(=O)C(F)(F)F. The van der Waals surface area contributed by atoms with Gasteiger partial charge in [-0.3, -0.25) is 4.90 Å². The molecular weight excluding hydrogens is 355 g/mol. The number of halogens is 3. The fraction of sp³-hybridized carbons (Fsp3) is 0.529. The van der Waals surface area contributed by atoms with Crippen LogP contribution in [0.15, 0.2) is 18.2 Å². The summed E-state index contributed by atoms with van der Waals surface area (Å²) in [6, 6.07) is 4.15. The molecule has 0 aliphatic carbocycles. The van der Waals surface area contributed by atoms with Crippen molar-refractivity contribution in [3.8, 4) is 17.6 Å². The minimum Gasteiger partial charge on any atom is -0.376 e. The molecule has 1 aromatic carbocycles. The molecule has 4 nitrogen and oxygen atoms in total. The first-order valence-electron chi connectivity index (χ1n) is 8.02. The highest BCUT2D eigenvalue weighted by Gasteiger charge is 2.48. The molecule has 0 aromatic heterocycles. The van der Waals surface area contributed by atoms with Gasteiger partial charge in [0.15, 0.2) is 0 Å². The maximum absolute atomic E-state index is 12.4. The minimum atomic E-state index is -5.66. The number of aryl methyl sites for hydroxylation is 1. The van der Waals surface area contributed by atoms with Crippen LogP contribution >= 0.6 is 0 Å². The van der Waals surface area contributed by atoms with E-state index < -0.39 is 15.6 Å². The first-order valence-corrected chi connectivity index (χ1v) is 9.42. The molecule has 1 aliphatic heterocycles. The molecule has 138 valence electrons. The largest absolute Gasteiger partial charge is 0.534 e. The molecule has 0 spiro atoms. The van der Waals surface area contributed by atoms with Gasteiger partial charge in [0, 0.05) is 5.56 Å². The van der Waals surface area contributed by atoms with E-state index in [1.165, 1.54) is 50.8 Å². The minimum absolute atomic E-state index is 0.273. The van der Waals surface area contributed by atoms with E-state index in [1.54, 1.807) is 0 Å². The number of benzene rings is 1. The Labute approximate surface area is 146 Å². The van der Waals surface area contributed by atoms with Gasteiger partial charge in [-0.25, -0.2) is 0 Å². The first kappa shape index (κ1) is 19.6. The lowest BCUT2D eigenvalue weighted by Gasteiger charge is -2.15. The Hall–Kier alpha value is -1.72. The molecule has 8 heteroatoms. The maximum atomic E-state index is 12.4. The normalized spacial score (nSPS) is 16.6. The van der Waals surface area contributed by atoms with Crippen molar-refractivity contribution in [2.45, 2.75) is 38.1 Å². The number of likely N-dealkylation sites (tertiary alicyclic amines) is 1. The zero-order chi connectivity index (χ0) is 18.5. The molecule has 1 heterocycles. The average molecular weight is 375 g/mol. The van der Waals surface area contributed by atoms with Crippen molar-refractivity contribution >= 4 is 10.1 Å². The summed E-state index contributed by atoms with van der Waals surface area (Å²) in [4.78, 5) is 2.28. The summed E-state index contributed by atoms with van der Waals surface area (Å²) in [5.74, 6) is 5.66. The van der Waals surface area contributed by atoms with Gasteiger partial charge < -0.3 is 4.18 Å². The summed E-state index contributed by atoms with van der Waals surface area (Å²) in [7, 11) is -5.66. The fourth-order valence-corrected chi connectivity index (χ4v) is 3.05. The molecule has 0 unspecified atom stereocenters. The summed E-state index contributed by atoms with van der Waals surface area (Å²) >= 11 is 0. The molecule has 0 saturated carbocycles. The van der Waals surface area contributed by atoms with Crippen LogP contribution < -0.4 is 4.18 Å². The van der Waals surface area contributed by atoms with Gasteiger partial charge in [-0.05, 0) is 56.6 Å². The summed E-state index contributed by atoms with van der Waals surface area (Å²) < 4.78 is 63.3. The van der Waals surface area contributed by atoms with Crippen LogP contribution in [0.25, 0.3) is 0 Å². The first-order chi connectivity index (χ1) is 11.7. The van der Waals surface area contributed by atoms with Crippen LogP contribution in [0.2, 0.25) is 0 Å². The zero-order valence-corrected chi connectivity index (χ0v) is 14.7. The standard InChI is InChI=1S/C17H20F3NO3S/c1-14-13-15(7-6-12-21-10-4-2-3-5-11-21)8-9-16(14)24-25(22,23)17(18,19)20/h8-9,13H,2-5,10-12H2,1H3. The van der Waals surface area contributed by atoms with Crippen molar-refractivity contribution in [2.24, 2.45) is 0 Å². The van der Waals surface area contributed by atoms with Crippen molar-refractivity contribution in [2.75, 3.05) is 19.6 Å². The van der Waals surface area contributed by atoms with Crippen LogP contribution in [0.5, 0.6) is 5.75 Å². The van der Waals surface area contributed by atoms with Gasteiger partial charge in [0.25, 0.3) is 0 Å². The highest BCUT2D eigenvalue weighted by atomic mass is 32.2. The summed E-state index contributed by atoms with van der Waals surface area (Å²) in [5.41, 5.74) is -4.58. The number of nitrogens with zero attached hydrogens (tertiary/aromatic N) is 1. The highest BCUT2D eigenvalue weighted by molar-refractivity contribution is 7.88. The molecule has 0 radical (unpaired) electrons. The van der Waals surface area contributed by atoms with Crippen molar-refractivity contribution < 1.29 is 25.8 Å². The van der Waals surface area contributed by atoms with Crippen LogP contribution in [0.1, 0.15) is 36.8 Å². The van der Waals surface area contributed by atoms with E-state index in [4.69, 9.17) is 0 Å². The van der Waals surface area contributed by atoms with Crippen LogP contribution in [0.3, 0.4) is 0 Å². The molecule has 2 rings (SSSR count). The smallest absolute Gasteiger partial charge is 0.376 e. The van der Waals surface area contributed by atoms with Gasteiger partial charge in [-0.15, -0.1) is 0 Å². The summed E-state index contributed by atoms with van der Waals surface area (Å²) in [6.07, 6.45) is 4.82. The second-order valence-corrected chi connectivity index (χ2v) is 7.49. The molecule has 0 N–H and O–H groups in total. The van der Waals surface area contributed by atoms with Crippen LogP contribution in [-0.4, -0.2) is 38.5 Å². The Morgan fingerprint density at radius 3 is 2.36 bits per heavy atom. The molecular formula is C17H20F3NO3S. The molecule has 0 amide bonds. The molecule has 1 fully saturated rings. The summed E-state index contributed by atoms with van der Waals surface area (Å²) in [5, 5.41) is 0. The van der Waals surface area contributed by atoms with Gasteiger partial charge in [-0.2, -0.15) is 21.6 Å². The lowest BCUT2D eigenvalue weighted by Crippen LogP contribution is -2.28. The Bertz CT molecular complexity index is 756. The average Bonchev–Trinajstić information content (AvgIpc) is 2.77. The van der Waals surface area contributed by atoms with E-state index in [0.717, 1.165) is 13.1 Å². The predicted octanol–water partition coefficient (Wildman–Crippen LogP) is 3.45. The Morgan fingerprint density at radius 1 is 1.16 bits per heavy atom. The number of hydrogen-bond donors (Lipinski definition) is 0. The number of alkyl halides is 3. The topological polar surface area (TPSA) is 46.6 Å². The van der Waals surface area contributed by atoms with Gasteiger partial charge in [-0.1, -0.05) is 24.7 Å². The number of rotatable bonds is 3. The van der Waals surface area contributed by atoms with E-state index in [9.17, 15) is 21.6 Å². The monoisotopic (exact) mass is 375 g/mol. The highest BCUT2D eigenvalue weighted by Crippen LogP contribution is 2.29. The molecule has 1 aromatic rings. The van der Waals surface area contributed by atoms with Crippen molar-refractivity contribution in [3.05, 3.63) is 29.3 Å². The van der Waals surface area contributed by atoms with Gasteiger partial charge in [0.1, 0.15) is 5.75 Å². The third-order valence-electron chi connectivity index (χ3n) is 3.89. The Balaban J connectivity index is 2.03. The van der Waals surface area contributed by atoms with Gasteiger partial charge in [0.05, 0.1) is 6.54 Å². The molecule has 0 bridgehead atoms. The second-order valence-electron chi connectivity index (χ2n) is 5.96. The lowest BCUT2D eigenvalue weighted by molar-refractivity contribution is -0.0500. The van der Waals surface area contributed by atoms with E-state index in [2.05, 4.69) is 20.9 Å². The molecule has 1 aliphatic rings. The van der Waals surface area contributed by atoms with Crippen LogP contribution in [0.4, 0.5) is 13.2 Å². The van der Waals surface area contributed by atoms with E-state index in [1.807, 2.05) is 0 Å². The zero-order valence-electron chi connectivity index (χ0n) is 13.9. The Kier molecular flexibility index (Phi) is 6.36. The van der Waals surface area contributed by atoms with Crippen LogP contribution in [-0.2, 0) is 10.1 Å². The third-order valence-corrected chi connectivity index (χ3v) is 4.86. The van der Waals surface area contributed by atoms with E-state index >= 15 is 0 Å². The van der Waals surface area contributed by atoms with Crippen LogP contribution in [0, 0.1) is 18.8 Å². The number of hydrogen-bond acceptors (Lipinski definition) is 4. The van der Waals surface area contributed by atoms with Crippen molar-refractivity contribution in [3.63, 3.8) is 0 Å². The van der Waals surface area contributed by atoms with Crippen molar-refractivity contribution in [1.82, 2.24) is 4.90 Å². The summed E-state index contributed by atoms with van der Waals surface area (Å²) in [6.45, 7) is 4.16. The lowest BCUT2D eigenvalue weighted by atomic mass is 10.1. The Morgan fingerprint density at radius 2 is 1.80 bits per heavy atom. The van der Waals surface area contributed by atoms with E-state index in [-0.39, 0.29) is 11.3 Å². The third kappa shape index (κ3) is 5.65. The van der Waals surface area contributed by atoms with Gasteiger partial charge >= 0.3 is 15.6 Å². The fourth-order valence-electron chi connectivity index (χ4n) is 2.53.